The molecule has 0 saturated carbocycles. The first-order chi connectivity index (χ1) is 17.5. The Morgan fingerprint density at radius 3 is 2.61 bits per heavy atom. The van der Waals surface area contributed by atoms with Crippen molar-refractivity contribution < 1.29 is 23.8 Å². The van der Waals surface area contributed by atoms with E-state index >= 15 is 0 Å². The number of hydrogen-bond acceptors (Lipinski definition) is 9. The van der Waals surface area contributed by atoms with Crippen molar-refractivity contribution in [3.8, 4) is 11.5 Å². The Kier molecular flexibility index (Phi) is 7.94. The van der Waals surface area contributed by atoms with Gasteiger partial charge in [0.05, 0.1) is 44.6 Å². The Morgan fingerprint density at radius 1 is 1.14 bits per heavy atom. The molecule has 0 saturated heterocycles. The van der Waals surface area contributed by atoms with Crippen LogP contribution in [0.15, 0.2) is 70.1 Å². The number of nitrogens with zero attached hydrogens (tertiary/aromatic N) is 3. The maximum Gasteiger partial charge on any atom is 0.338 e. The summed E-state index contributed by atoms with van der Waals surface area (Å²) in [6.45, 7) is 4.17. The first-order valence-corrected chi connectivity index (χ1v) is 12.3. The fraction of sp³-hybridized carbons (Fsp3) is 0.308. The van der Waals surface area contributed by atoms with Gasteiger partial charge in [-0.25, -0.2) is 9.79 Å². The van der Waals surface area contributed by atoms with Gasteiger partial charge < -0.3 is 24.4 Å². The van der Waals surface area contributed by atoms with E-state index in [9.17, 15) is 9.59 Å². The predicted molar refractivity (Wildman–Crippen MR) is 137 cm³/mol. The normalized spacial score (nSPS) is 16.7. The van der Waals surface area contributed by atoms with E-state index in [1.165, 1.54) is 11.8 Å². The molecule has 36 heavy (non-hydrogen) atoms. The van der Waals surface area contributed by atoms with Gasteiger partial charge in [0.2, 0.25) is 5.91 Å². The first kappa shape index (κ1) is 25.3. The molecule has 2 aromatic rings. The predicted octanol–water partition coefficient (Wildman–Crippen LogP) is 3.94. The Bertz CT molecular complexity index is 1240. The minimum absolute atomic E-state index is 0.106. The number of pyridine rings is 1. The molecular weight excluding hydrogens is 480 g/mol. The molecule has 1 amide bonds. The average molecular weight is 509 g/mol. The van der Waals surface area contributed by atoms with Gasteiger partial charge in [-0.3, -0.25) is 9.78 Å². The molecule has 0 spiro atoms. The third-order valence-corrected chi connectivity index (χ3v) is 6.70. The number of amidine groups is 1. The molecule has 2 aliphatic rings. The van der Waals surface area contributed by atoms with E-state index in [-0.39, 0.29) is 18.9 Å². The van der Waals surface area contributed by atoms with Gasteiger partial charge >= 0.3 is 5.97 Å². The van der Waals surface area contributed by atoms with Gasteiger partial charge in [-0.05, 0) is 55.2 Å². The highest BCUT2D eigenvalue weighted by Gasteiger charge is 2.42. The second-order valence-corrected chi connectivity index (χ2v) is 8.87. The zero-order chi connectivity index (χ0) is 25.7. The highest BCUT2D eigenvalue weighted by Crippen LogP contribution is 2.47. The van der Waals surface area contributed by atoms with Gasteiger partial charge in [0, 0.05) is 30.2 Å². The second-order valence-electron chi connectivity index (χ2n) is 8.03. The number of fused-ring (bicyclic) bond motifs is 1. The number of aliphatic imine (C=N–C) groups is 1. The summed E-state index contributed by atoms with van der Waals surface area (Å²) in [5.41, 5.74) is 3.32. The average Bonchev–Trinajstić information content (AvgIpc) is 3.28. The van der Waals surface area contributed by atoms with Gasteiger partial charge in [0.15, 0.2) is 5.17 Å². The second kappa shape index (κ2) is 11.3. The van der Waals surface area contributed by atoms with Crippen LogP contribution in [0.5, 0.6) is 11.5 Å². The Morgan fingerprint density at radius 2 is 1.92 bits per heavy atom. The van der Waals surface area contributed by atoms with Crippen LogP contribution >= 0.6 is 11.8 Å². The van der Waals surface area contributed by atoms with Crippen LogP contribution in [0.25, 0.3) is 0 Å². The zero-order valence-electron chi connectivity index (χ0n) is 20.6. The van der Waals surface area contributed by atoms with E-state index in [0.717, 1.165) is 11.3 Å². The van der Waals surface area contributed by atoms with Crippen molar-refractivity contribution in [2.24, 2.45) is 4.99 Å². The summed E-state index contributed by atoms with van der Waals surface area (Å²) < 4.78 is 16.5. The van der Waals surface area contributed by atoms with Crippen LogP contribution in [0.2, 0.25) is 0 Å². The van der Waals surface area contributed by atoms with Crippen molar-refractivity contribution in [3.05, 3.63) is 76.2 Å². The molecule has 0 radical (unpaired) electrons. The molecule has 4 rings (SSSR count). The van der Waals surface area contributed by atoms with Crippen molar-refractivity contribution in [2.45, 2.75) is 32.9 Å². The molecule has 0 bridgehead atoms. The number of carbonyl (C=O) groups excluding carboxylic acids is 2. The Labute approximate surface area is 214 Å². The Hall–Kier alpha value is -3.79. The van der Waals surface area contributed by atoms with E-state index in [1.807, 2.05) is 28.5 Å². The number of esters is 1. The molecular formula is C26H28N4O5S. The van der Waals surface area contributed by atoms with Crippen LogP contribution in [0, 0.1) is 0 Å². The maximum atomic E-state index is 13.2. The lowest BCUT2D eigenvalue weighted by Crippen LogP contribution is -2.38. The third kappa shape index (κ3) is 5.23. The monoisotopic (exact) mass is 508 g/mol. The summed E-state index contributed by atoms with van der Waals surface area (Å²) in [6.07, 6.45) is 3.48. The summed E-state index contributed by atoms with van der Waals surface area (Å²) in [4.78, 5) is 36.7. The number of benzene rings is 1. The van der Waals surface area contributed by atoms with E-state index in [1.54, 1.807) is 52.6 Å². The van der Waals surface area contributed by atoms with E-state index < -0.39 is 12.0 Å². The minimum atomic E-state index is -0.615. The first-order valence-electron chi connectivity index (χ1n) is 11.5. The molecule has 9 nitrogen and oxygen atoms in total. The number of thioether (sulfide) groups is 1. The molecule has 0 aliphatic carbocycles. The number of hydrogen-bond donors (Lipinski definition) is 1. The molecule has 3 heterocycles. The zero-order valence-corrected chi connectivity index (χ0v) is 21.4. The number of methoxy groups -OCH3 is 2. The molecule has 10 heteroatoms. The number of aromatic nitrogens is 1. The van der Waals surface area contributed by atoms with Crippen LogP contribution < -0.4 is 14.8 Å². The van der Waals surface area contributed by atoms with Crippen LogP contribution in [0.1, 0.15) is 37.4 Å². The lowest BCUT2D eigenvalue weighted by Gasteiger charge is -2.36. The number of nitrogens with one attached hydrogen (secondary N) is 1. The minimum Gasteiger partial charge on any atom is -0.497 e. The number of allylic oxidation sites excluding steroid dienone is 1. The summed E-state index contributed by atoms with van der Waals surface area (Å²) in [5.74, 6) is 0.574. The van der Waals surface area contributed by atoms with Crippen LogP contribution in [0.4, 0.5) is 0 Å². The van der Waals surface area contributed by atoms with Crippen molar-refractivity contribution in [2.75, 3.05) is 20.8 Å². The summed E-state index contributed by atoms with van der Waals surface area (Å²) in [7, 11) is 3.16. The number of carbonyl (C=O) groups is 2. The van der Waals surface area contributed by atoms with E-state index in [2.05, 4.69) is 15.3 Å². The molecule has 0 fully saturated rings. The standard InChI is InChI=1S/C26H28N4O5S/c1-5-35-25(32)23-16(2)29-26-30(24(23)20-13-19(33-3)6-7-21(20)34-4)18(15-36-26)12-22(31)28-14-17-8-10-27-11-9-17/h6-11,13,15,24H,5,12,14H2,1-4H3,(H,28,31)/t24-/m1/s1. The molecule has 188 valence electrons. The fourth-order valence-corrected chi connectivity index (χ4v) is 5.08. The number of ether oxygens (including phenoxy) is 3. The van der Waals surface area contributed by atoms with Crippen molar-refractivity contribution >= 4 is 28.8 Å². The van der Waals surface area contributed by atoms with Crippen molar-refractivity contribution in [3.63, 3.8) is 0 Å². The van der Waals surface area contributed by atoms with Gasteiger partial charge in [0.25, 0.3) is 0 Å². The SMILES string of the molecule is CCOC(=O)C1=C(C)N=C2SC=C(CC(=O)NCc3ccncc3)N2[C@@H]1c1cc(OC)ccc1OC. The van der Waals surface area contributed by atoms with Crippen molar-refractivity contribution in [1.29, 1.82) is 0 Å². The van der Waals surface area contributed by atoms with Gasteiger partial charge in [-0.15, -0.1) is 0 Å². The largest absolute Gasteiger partial charge is 0.497 e. The quantitative estimate of drug-likeness (QED) is 0.508. The lowest BCUT2D eigenvalue weighted by atomic mass is 9.92. The van der Waals surface area contributed by atoms with Gasteiger partial charge in [-0.1, -0.05) is 11.8 Å². The summed E-state index contributed by atoms with van der Waals surface area (Å²) in [6, 6.07) is 8.52. The Balaban J connectivity index is 1.69. The molecule has 2 aliphatic heterocycles. The van der Waals surface area contributed by atoms with E-state index in [4.69, 9.17) is 14.2 Å². The molecule has 1 N–H and O–H groups in total. The van der Waals surface area contributed by atoms with Gasteiger partial charge in [-0.2, -0.15) is 0 Å². The summed E-state index contributed by atoms with van der Waals surface area (Å²) >= 11 is 1.41. The maximum absolute atomic E-state index is 13.2. The van der Waals surface area contributed by atoms with E-state index in [0.29, 0.717) is 40.0 Å². The van der Waals surface area contributed by atoms with Crippen LogP contribution in [0.3, 0.4) is 0 Å². The number of rotatable bonds is 9. The molecule has 1 aromatic carbocycles. The van der Waals surface area contributed by atoms with Gasteiger partial charge in [0.1, 0.15) is 11.5 Å². The topological polar surface area (TPSA) is 102 Å². The van der Waals surface area contributed by atoms with Crippen LogP contribution in [-0.4, -0.2) is 47.8 Å². The molecule has 1 atom stereocenters. The molecule has 1 aromatic heterocycles. The van der Waals surface area contributed by atoms with Crippen molar-refractivity contribution in [1.82, 2.24) is 15.2 Å². The lowest BCUT2D eigenvalue weighted by molar-refractivity contribution is -0.139. The highest BCUT2D eigenvalue weighted by atomic mass is 32.2. The number of amides is 1. The van der Waals surface area contributed by atoms with Crippen LogP contribution in [-0.2, 0) is 20.9 Å². The molecule has 0 unspecified atom stereocenters. The third-order valence-electron chi connectivity index (χ3n) is 5.81. The smallest absolute Gasteiger partial charge is 0.338 e. The summed E-state index contributed by atoms with van der Waals surface area (Å²) in [5, 5.41) is 5.52. The fourth-order valence-electron chi connectivity index (χ4n) is 4.12. The highest BCUT2D eigenvalue weighted by molar-refractivity contribution is 8.16.